The molecule has 38 heavy (non-hydrogen) atoms. The number of urea groups is 1. The number of methoxy groups -OCH3 is 1. The van der Waals surface area contributed by atoms with Crippen LogP contribution in [0.4, 0.5) is 4.79 Å². The third-order valence-corrected chi connectivity index (χ3v) is 6.23. The summed E-state index contributed by atoms with van der Waals surface area (Å²) in [6.45, 7) is 5.11. The van der Waals surface area contributed by atoms with Gasteiger partial charge in [0.15, 0.2) is 0 Å². The molecule has 1 aromatic heterocycles. The number of ether oxygens (including phenoxy) is 2. The van der Waals surface area contributed by atoms with Crippen molar-refractivity contribution in [2.75, 3.05) is 47.5 Å². The molecule has 3 aromatic rings. The summed E-state index contributed by atoms with van der Waals surface area (Å²) in [5.41, 5.74) is 3.16. The van der Waals surface area contributed by atoms with Gasteiger partial charge in [-0.1, -0.05) is 42.5 Å². The highest BCUT2D eigenvalue weighted by Crippen LogP contribution is 2.17. The van der Waals surface area contributed by atoms with E-state index in [1.807, 2.05) is 78.7 Å². The molecule has 0 unspecified atom stereocenters. The van der Waals surface area contributed by atoms with E-state index in [1.165, 1.54) is 4.90 Å². The molecular weight excluding hydrogens is 480 g/mol. The van der Waals surface area contributed by atoms with Crippen LogP contribution in [0.25, 0.3) is 0 Å². The van der Waals surface area contributed by atoms with Gasteiger partial charge in [-0.3, -0.25) is 4.79 Å². The number of aromatic nitrogens is 1. The third kappa shape index (κ3) is 8.66. The van der Waals surface area contributed by atoms with Crippen LogP contribution in [0.15, 0.2) is 72.9 Å². The molecule has 0 saturated heterocycles. The summed E-state index contributed by atoms with van der Waals surface area (Å²) in [6.07, 6.45) is 2.69. The Morgan fingerprint density at radius 1 is 0.895 bits per heavy atom. The molecule has 0 N–H and O–H groups in total. The van der Waals surface area contributed by atoms with Gasteiger partial charge in [-0.25, -0.2) is 4.79 Å². The standard InChI is InChI=1S/C30H40N4O4/c1-5-38-19-11-18-33(30(36)31(2)3)24-29(35)34(21-25-12-7-6-8-13-25)23-27-15-10-17-32(27)22-26-14-9-16-28(20-26)37-4/h6-10,12-17,20H,5,11,18-19,21-24H2,1-4H3. The molecule has 3 rings (SSSR count). The number of hydrogen-bond donors (Lipinski definition) is 0. The van der Waals surface area contributed by atoms with Crippen molar-refractivity contribution in [3.05, 3.63) is 89.7 Å². The van der Waals surface area contributed by atoms with Gasteiger partial charge in [-0.15, -0.1) is 0 Å². The topological polar surface area (TPSA) is 67.2 Å². The van der Waals surface area contributed by atoms with Gasteiger partial charge in [0.1, 0.15) is 12.3 Å². The van der Waals surface area contributed by atoms with Gasteiger partial charge in [0.25, 0.3) is 0 Å². The first-order valence-electron chi connectivity index (χ1n) is 13.0. The first-order chi connectivity index (χ1) is 18.4. The Morgan fingerprint density at radius 2 is 1.66 bits per heavy atom. The first kappa shape index (κ1) is 28.8. The predicted molar refractivity (Wildman–Crippen MR) is 149 cm³/mol. The zero-order chi connectivity index (χ0) is 27.3. The van der Waals surface area contributed by atoms with E-state index in [9.17, 15) is 9.59 Å². The summed E-state index contributed by atoms with van der Waals surface area (Å²) < 4.78 is 13.0. The summed E-state index contributed by atoms with van der Waals surface area (Å²) in [5.74, 6) is 0.710. The Morgan fingerprint density at radius 3 is 2.37 bits per heavy atom. The maximum atomic E-state index is 13.7. The Labute approximate surface area is 226 Å². The summed E-state index contributed by atoms with van der Waals surface area (Å²) in [7, 11) is 5.07. The summed E-state index contributed by atoms with van der Waals surface area (Å²) in [5, 5.41) is 0. The molecule has 0 saturated carbocycles. The van der Waals surface area contributed by atoms with Crippen LogP contribution in [-0.2, 0) is 29.2 Å². The van der Waals surface area contributed by atoms with Crippen LogP contribution in [0.2, 0.25) is 0 Å². The molecule has 1 heterocycles. The van der Waals surface area contributed by atoms with Crippen molar-refractivity contribution in [2.45, 2.75) is 33.0 Å². The third-order valence-electron chi connectivity index (χ3n) is 6.23. The normalized spacial score (nSPS) is 10.7. The SMILES string of the molecule is CCOCCCN(CC(=O)N(Cc1ccccc1)Cc1cccn1Cc1cccc(OC)c1)C(=O)N(C)C. The molecule has 0 aliphatic heterocycles. The zero-order valence-electron chi connectivity index (χ0n) is 23.0. The van der Waals surface area contributed by atoms with Gasteiger partial charge in [0.2, 0.25) is 5.91 Å². The molecule has 0 radical (unpaired) electrons. The molecule has 8 nitrogen and oxygen atoms in total. The van der Waals surface area contributed by atoms with E-state index in [2.05, 4.69) is 10.6 Å². The van der Waals surface area contributed by atoms with Gasteiger partial charge >= 0.3 is 6.03 Å². The van der Waals surface area contributed by atoms with Gasteiger partial charge in [0, 0.05) is 58.8 Å². The summed E-state index contributed by atoms with van der Waals surface area (Å²) >= 11 is 0. The van der Waals surface area contributed by atoms with Crippen LogP contribution in [0, 0.1) is 0 Å². The number of carbonyl (C=O) groups is 2. The summed E-state index contributed by atoms with van der Waals surface area (Å²) in [4.78, 5) is 31.5. The van der Waals surface area contributed by atoms with Crippen molar-refractivity contribution < 1.29 is 19.1 Å². The van der Waals surface area contributed by atoms with E-state index in [-0.39, 0.29) is 18.5 Å². The monoisotopic (exact) mass is 520 g/mol. The molecule has 0 spiro atoms. The van der Waals surface area contributed by atoms with Crippen LogP contribution in [0.1, 0.15) is 30.2 Å². The number of carbonyl (C=O) groups excluding carboxylic acids is 2. The maximum Gasteiger partial charge on any atom is 0.319 e. The fourth-order valence-corrected chi connectivity index (χ4v) is 4.24. The Kier molecular flexibility index (Phi) is 11.2. The smallest absolute Gasteiger partial charge is 0.319 e. The van der Waals surface area contributed by atoms with Crippen molar-refractivity contribution in [3.63, 3.8) is 0 Å². The number of nitrogens with zero attached hydrogens (tertiary/aromatic N) is 4. The molecule has 0 atom stereocenters. The average Bonchev–Trinajstić information content (AvgIpc) is 3.36. The van der Waals surface area contributed by atoms with Crippen LogP contribution in [0.5, 0.6) is 5.75 Å². The van der Waals surface area contributed by atoms with Crippen molar-refractivity contribution in [3.8, 4) is 5.75 Å². The van der Waals surface area contributed by atoms with Crippen LogP contribution in [0.3, 0.4) is 0 Å². The second-order valence-electron chi connectivity index (χ2n) is 9.36. The molecule has 0 fully saturated rings. The number of rotatable bonds is 14. The van der Waals surface area contributed by atoms with E-state index in [1.54, 1.807) is 26.1 Å². The van der Waals surface area contributed by atoms with E-state index >= 15 is 0 Å². The predicted octanol–water partition coefficient (Wildman–Crippen LogP) is 4.48. The lowest BCUT2D eigenvalue weighted by atomic mass is 10.2. The lowest BCUT2D eigenvalue weighted by molar-refractivity contribution is -0.133. The maximum absolute atomic E-state index is 13.7. The van der Waals surface area contributed by atoms with Crippen molar-refractivity contribution in [2.24, 2.45) is 0 Å². The van der Waals surface area contributed by atoms with Gasteiger partial charge < -0.3 is 28.7 Å². The fraction of sp³-hybridized carbons (Fsp3) is 0.400. The van der Waals surface area contributed by atoms with Gasteiger partial charge in [-0.2, -0.15) is 0 Å². The van der Waals surface area contributed by atoms with E-state index in [4.69, 9.17) is 9.47 Å². The highest BCUT2D eigenvalue weighted by molar-refractivity contribution is 5.84. The highest BCUT2D eigenvalue weighted by Gasteiger charge is 2.23. The minimum absolute atomic E-state index is 0.00651. The minimum Gasteiger partial charge on any atom is -0.497 e. The van der Waals surface area contributed by atoms with E-state index < -0.39 is 0 Å². The van der Waals surface area contributed by atoms with Gasteiger partial charge in [0.05, 0.1) is 13.7 Å². The molecule has 3 amide bonds. The molecule has 0 aliphatic carbocycles. The van der Waals surface area contributed by atoms with E-state index in [0.717, 1.165) is 22.6 Å². The number of benzene rings is 2. The molecule has 204 valence electrons. The van der Waals surface area contributed by atoms with Crippen molar-refractivity contribution >= 4 is 11.9 Å². The van der Waals surface area contributed by atoms with Gasteiger partial charge in [-0.05, 0) is 48.7 Å². The Balaban J connectivity index is 1.79. The number of amides is 3. The van der Waals surface area contributed by atoms with Crippen molar-refractivity contribution in [1.82, 2.24) is 19.3 Å². The largest absolute Gasteiger partial charge is 0.497 e. The summed E-state index contributed by atoms with van der Waals surface area (Å²) in [6, 6.07) is 21.8. The highest BCUT2D eigenvalue weighted by atomic mass is 16.5. The average molecular weight is 521 g/mol. The molecule has 2 aromatic carbocycles. The molecule has 0 bridgehead atoms. The van der Waals surface area contributed by atoms with Crippen molar-refractivity contribution in [1.29, 1.82) is 0 Å². The second kappa shape index (κ2) is 14.8. The lowest BCUT2D eigenvalue weighted by Crippen LogP contribution is -2.46. The quantitative estimate of drug-likeness (QED) is 0.294. The first-order valence-corrected chi connectivity index (χ1v) is 13.0. The Bertz CT molecular complexity index is 1150. The molecule has 8 heteroatoms. The zero-order valence-corrected chi connectivity index (χ0v) is 23.0. The lowest BCUT2D eigenvalue weighted by Gasteiger charge is -2.30. The van der Waals surface area contributed by atoms with Crippen LogP contribution in [-0.4, -0.2) is 78.7 Å². The van der Waals surface area contributed by atoms with Crippen LogP contribution >= 0.6 is 0 Å². The fourth-order valence-electron chi connectivity index (χ4n) is 4.24. The number of hydrogen-bond acceptors (Lipinski definition) is 4. The van der Waals surface area contributed by atoms with Crippen LogP contribution < -0.4 is 4.74 Å². The Hall–Kier alpha value is -3.78. The second-order valence-corrected chi connectivity index (χ2v) is 9.36. The van der Waals surface area contributed by atoms with E-state index in [0.29, 0.717) is 45.8 Å². The molecular formula is C30H40N4O4. The molecule has 0 aliphatic rings. The minimum atomic E-state index is -0.184.